The second kappa shape index (κ2) is 6.43. The van der Waals surface area contributed by atoms with Crippen LogP contribution in [0, 0.1) is 0 Å². The molecule has 0 aromatic heterocycles. The lowest BCUT2D eigenvalue weighted by Crippen LogP contribution is -2.60. The van der Waals surface area contributed by atoms with Gasteiger partial charge in [-0.15, -0.1) is 0 Å². The molecular weight excluding hydrogens is 355 g/mol. The third kappa shape index (κ3) is 2.72. The van der Waals surface area contributed by atoms with E-state index in [0.717, 1.165) is 0 Å². The molecular formula is C16H18Cl2N2O4. The zero-order valence-corrected chi connectivity index (χ0v) is 14.6. The number of fused-ring (bicyclic) bond motifs is 1. The summed E-state index contributed by atoms with van der Waals surface area (Å²) in [7, 11) is 0. The molecule has 2 saturated heterocycles. The number of halogens is 2. The third-order valence-corrected chi connectivity index (χ3v) is 5.81. The maximum Gasteiger partial charge on any atom is 0.249 e. The average Bonchev–Trinajstić information content (AvgIpc) is 3.00. The number of hydrogen-bond donors (Lipinski definition) is 2. The highest BCUT2D eigenvalue weighted by atomic mass is 35.5. The van der Waals surface area contributed by atoms with E-state index in [4.69, 9.17) is 28.3 Å². The molecule has 3 rings (SSSR count). The van der Waals surface area contributed by atoms with Crippen LogP contribution in [0.4, 0.5) is 0 Å². The molecule has 8 heteroatoms. The Labute approximate surface area is 149 Å². The predicted molar refractivity (Wildman–Crippen MR) is 89.2 cm³/mol. The molecule has 1 aromatic rings. The van der Waals surface area contributed by atoms with E-state index in [2.05, 4.69) is 0 Å². The molecule has 6 nitrogen and oxygen atoms in total. The van der Waals surface area contributed by atoms with E-state index in [1.54, 1.807) is 4.90 Å². The number of aromatic hydroxyl groups is 1. The fraction of sp³-hybridized carbons (Fsp3) is 0.500. The Bertz CT molecular complexity index is 697. The van der Waals surface area contributed by atoms with Crippen molar-refractivity contribution in [1.82, 2.24) is 9.80 Å². The smallest absolute Gasteiger partial charge is 0.249 e. The summed E-state index contributed by atoms with van der Waals surface area (Å²) in [5, 5.41) is 19.9. The zero-order valence-electron chi connectivity index (χ0n) is 13.1. The van der Waals surface area contributed by atoms with Gasteiger partial charge in [0, 0.05) is 24.1 Å². The summed E-state index contributed by atoms with van der Waals surface area (Å²) in [6, 6.07) is 2.63. The Balaban J connectivity index is 1.90. The Kier molecular flexibility index (Phi) is 4.64. The minimum atomic E-state index is -0.616. The highest BCUT2D eigenvalue weighted by molar-refractivity contribution is 6.42. The second-order valence-electron chi connectivity index (χ2n) is 6.26. The van der Waals surface area contributed by atoms with Crippen LogP contribution in [0.15, 0.2) is 12.1 Å². The van der Waals surface area contributed by atoms with Gasteiger partial charge in [0.1, 0.15) is 18.9 Å². The molecule has 1 unspecified atom stereocenters. The molecule has 3 atom stereocenters. The van der Waals surface area contributed by atoms with Crippen molar-refractivity contribution in [1.29, 1.82) is 0 Å². The summed E-state index contributed by atoms with van der Waals surface area (Å²) in [6.07, 6.45) is 0.565. The molecule has 24 heavy (non-hydrogen) atoms. The summed E-state index contributed by atoms with van der Waals surface area (Å²) in [5.74, 6) is -0.725. The molecule has 0 radical (unpaired) electrons. The van der Waals surface area contributed by atoms with Gasteiger partial charge in [0.2, 0.25) is 11.8 Å². The van der Waals surface area contributed by atoms with Crippen LogP contribution >= 0.6 is 23.2 Å². The quantitative estimate of drug-likeness (QED) is 0.826. The topological polar surface area (TPSA) is 81.1 Å². The summed E-state index contributed by atoms with van der Waals surface area (Å²) in [4.78, 5) is 27.4. The molecule has 0 bridgehead atoms. The van der Waals surface area contributed by atoms with Crippen molar-refractivity contribution in [3.05, 3.63) is 27.7 Å². The van der Waals surface area contributed by atoms with Gasteiger partial charge in [0.05, 0.1) is 16.1 Å². The molecule has 2 aliphatic rings. The van der Waals surface area contributed by atoms with E-state index in [9.17, 15) is 14.7 Å². The van der Waals surface area contributed by atoms with E-state index in [1.165, 1.54) is 17.0 Å². The van der Waals surface area contributed by atoms with E-state index in [1.807, 2.05) is 6.92 Å². The number of piperazine rings is 1. The van der Waals surface area contributed by atoms with Crippen molar-refractivity contribution in [2.45, 2.75) is 31.3 Å². The minimum absolute atomic E-state index is 0.0426. The molecule has 2 heterocycles. The largest absolute Gasteiger partial charge is 0.508 e. The molecule has 0 aliphatic carbocycles. The van der Waals surface area contributed by atoms with E-state index < -0.39 is 12.5 Å². The Morgan fingerprint density at radius 2 is 2.08 bits per heavy atom. The van der Waals surface area contributed by atoms with Crippen LogP contribution in [0.25, 0.3) is 0 Å². The first-order chi connectivity index (χ1) is 11.3. The zero-order chi connectivity index (χ0) is 17.6. The summed E-state index contributed by atoms with van der Waals surface area (Å²) >= 11 is 12.3. The average molecular weight is 373 g/mol. The molecule has 2 amide bonds. The van der Waals surface area contributed by atoms with Crippen molar-refractivity contribution in [3.63, 3.8) is 0 Å². The monoisotopic (exact) mass is 372 g/mol. The van der Waals surface area contributed by atoms with Crippen molar-refractivity contribution in [2.24, 2.45) is 0 Å². The van der Waals surface area contributed by atoms with Crippen LogP contribution in [-0.4, -0.2) is 63.6 Å². The number of carbonyl (C=O) groups excluding carboxylic acids is 2. The molecule has 130 valence electrons. The van der Waals surface area contributed by atoms with E-state index >= 15 is 0 Å². The first-order valence-corrected chi connectivity index (χ1v) is 8.47. The summed E-state index contributed by atoms with van der Waals surface area (Å²) in [5.41, 5.74) is 0.540. The van der Waals surface area contributed by atoms with Gasteiger partial charge in [-0.25, -0.2) is 0 Å². The first-order valence-electron chi connectivity index (χ1n) is 7.71. The molecule has 1 aromatic carbocycles. The number of benzene rings is 1. The van der Waals surface area contributed by atoms with Gasteiger partial charge in [0.15, 0.2) is 0 Å². The second-order valence-corrected chi connectivity index (χ2v) is 7.05. The van der Waals surface area contributed by atoms with Crippen LogP contribution in [0.1, 0.15) is 24.8 Å². The van der Waals surface area contributed by atoms with Crippen LogP contribution in [0.3, 0.4) is 0 Å². The van der Waals surface area contributed by atoms with Crippen LogP contribution in [0.5, 0.6) is 5.75 Å². The van der Waals surface area contributed by atoms with E-state index in [0.29, 0.717) is 28.6 Å². The van der Waals surface area contributed by atoms with Gasteiger partial charge < -0.3 is 20.0 Å². The third-order valence-electron chi connectivity index (χ3n) is 4.99. The summed E-state index contributed by atoms with van der Waals surface area (Å²) < 4.78 is 0. The Morgan fingerprint density at radius 1 is 1.38 bits per heavy atom. The highest BCUT2D eigenvalue weighted by Gasteiger charge is 2.46. The number of carbonyl (C=O) groups is 2. The fourth-order valence-corrected chi connectivity index (χ4v) is 4.24. The maximum absolute atomic E-state index is 12.4. The number of aliphatic hydroxyl groups is 1. The van der Waals surface area contributed by atoms with Gasteiger partial charge in [-0.2, -0.15) is 0 Å². The van der Waals surface area contributed by atoms with Crippen molar-refractivity contribution < 1.29 is 19.8 Å². The van der Waals surface area contributed by atoms with Crippen molar-refractivity contribution in [3.8, 4) is 5.75 Å². The predicted octanol–water partition coefficient (Wildman–Crippen LogP) is 1.61. The lowest BCUT2D eigenvalue weighted by Gasteiger charge is -2.42. The fourth-order valence-electron chi connectivity index (χ4n) is 3.76. The lowest BCUT2D eigenvalue weighted by atomic mass is 9.92. The number of aliphatic hydroxyl groups excluding tert-OH is 1. The van der Waals surface area contributed by atoms with Gasteiger partial charge in [-0.1, -0.05) is 23.2 Å². The molecule has 2 aliphatic heterocycles. The van der Waals surface area contributed by atoms with Gasteiger partial charge in [-0.3, -0.25) is 9.59 Å². The van der Waals surface area contributed by atoms with Crippen LogP contribution in [0.2, 0.25) is 10.0 Å². The SMILES string of the molecule is CC1[C@@H]2C[C@H](c3c(O)ccc(Cl)c3Cl)CN2C(=O)CN1C(=O)CO. The van der Waals surface area contributed by atoms with Crippen molar-refractivity contribution >= 4 is 35.0 Å². The maximum atomic E-state index is 12.4. The Morgan fingerprint density at radius 3 is 2.75 bits per heavy atom. The van der Waals surface area contributed by atoms with E-state index in [-0.39, 0.29) is 36.2 Å². The normalized spacial score (nSPS) is 26.7. The number of hydrogen-bond acceptors (Lipinski definition) is 4. The van der Waals surface area contributed by atoms with Crippen LogP contribution < -0.4 is 0 Å². The first kappa shape index (κ1) is 17.3. The number of amides is 2. The van der Waals surface area contributed by atoms with Gasteiger partial charge >= 0.3 is 0 Å². The standard InChI is InChI=1S/C16H18Cl2N2O4/c1-8-11-4-9(15-12(22)3-2-10(17)16(15)18)5-20(11)13(23)6-19(8)14(24)7-21/h2-3,8-9,11,21-22H,4-7H2,1H3/t8?,9-,11-/m0/s1. The number of phenolic OH excluding ortho intramolecular Hbond substituents is 1. The molecule has 2 N–H and O–H groups in total. The number of rotatable bonds is 2. The number of phenols is 1. The molecule has 2 fully saturated rings. The van der Waals surface area contributed by atoms with Gasteiger partial charge in [-0.05, 0) is 25.5 Å². The summed E-state index contributed by atoms with van der Waals surface area (Å²) in [6.45, 7) is 1.62. The Hall–Kier alpha value is -1.50. The van der Waals surface area contributed by atoms with Crippen LogP contribution in [-0.2, 0) is 9.59 Å². The highest BCUT2D eigenvalue weighted by Crippen LogP contribution is 2.44. The number of nitrogens with zero attached hydrogens (tertiary/aromatic N) is 2. The van der Waals surface area contributed by atoms with Crippen molar-refractivity contribution in [2.75, 3.05) is 19.7 Å². The lowest BCUT2D eigenvalue weighted by molar-refractivity contribution is -0.152. The molecule has 0 saturated carbocycles. The van der Waals surface area contributed by atoms with Gasteiger partial charge in [0.25, 0.3) is 0 Å². The molecule has 0 spiro atoms. The minimum Gasteiger partial charge on any atom is -0.508 e.